The zero-order chi connectivity index (χ0) is 14.8. The van der Waals surface area contributed by atoms with E-state index < -0.39 is 0 Å². The molecule has 4 nitrogen and oxygen atoms in total. The number of alkyl halides is 1. The van der Waals surface area contributed by atoms with Gasteiger partial charge in [0, 0.05) is 11.9 Å². The Morgan fingerprint density at radius 2 is 2.00 bits per heavy atom. The summed E-state index contributed by atoms with van der Waals surface area (Å²) < 4.78 is 1.96. The Hall–Kier alpha value is -2.38. The number of nitriles is 1. The topological polar surface area (TPSA) is 54.5 Å². The van der Waals surface area contributed by atoms with Crippen molar-refractivity contribution in [1.82, 2.24) is 14.5 Å². The van der Waals surface area contributed by atoms with Gasteiger partial charge in [-0.2, -0.15) is 5.26 Å². The van der Waals surface area contributed by atoms with Crippen molar-refractivity contribution in [2.24, 2.45) is 0 Å². The summed E-state index contributed by atoms with van der Waals surface area (Å²) in [5.41, 5.74) is 4.69. The number of benzene rings is 1. The highest BCUT2D eigenvalue weighted by Gasteiger charge is 2.14. The summed E-state index contributed by atoms with van der Waals surface area (Å²) in [6, 6.07) is 11.9. The third-order valence-corrected chi connectivity index (χ3v) is 3.65. The van der Waals surface area contributed by atoms with Gasteiger partial charge in [0.25, 0.3) is 0 Å². The minimum Gasteiger partial charge on any atom is -0.280 e. The maximum Gasteiger partial charge on any atom is 0.164 e. The number of pyridine rings is 1. The molecule has 0 N–H and O–H groups in total. The lowest BCUT2D eigenvalue weighted by atomic mass is 10.1. The number of aromatic nitrogens is 3. The highest BCUT2D eigenvalue weighted by Crippen LogP contribution is 2.23. The van der Waals surface area contributed by atoms with E-state index in [1.807, 2.05) is 41.8 Å². The molecule has 2 heterocycles. The molecule has 0 aliphatic carbocycles. The number of halogens is 1. The average molecular weight is 297 g/mol. The highest BCUT2D eigenvalue weighted by molar-refractivity contribution is 6.17. The molecule has 5 heteroatoms. The van der Waals surface area contributed by atoms with Crippen LogP contribution in [0.15, 0.2) is 36.5 Å². The minimum absolute atomic E-state index is 0.315. The molecule has 3 rings (SSSR count). The molecule has 0 saturated carbocycles. The van der Waals surface area contributed by atoms with Crippen LogP contribution in [0.1, 0.15) is 17.0 Å². The molecule has 0 unspecified atom stereocenters. The molecule has 0 aliphatic rings. The summed E-state index contributed by atoms with van der Waals surface area (Å²) in [7, 11) is 0. The Balaban J connectivity index is 2.19. The zero-order valence-corrected chi connectivity index (χ0v) is 12.3. The second-order valence-electron chi connectivity index (χ2n) is 4.80. The van der Waals surface area contributed by atoms with Gasteiger partial charge in [0.1, 0.15) is 11.3 Å². The Labute approximate surface area is 127 Å². The fourth-order valence-electron chi connectivity index (χ4n) is 2.35. The maximum atomic E-state index is 8.73. The summed E-state index contributed by atoms with van der Waals surface area (Å²) in [6.07, 6.45) is 2.18. The molecular formula is C16H13ClN4. The molecule has 0 saturated heterocycles. The lowest BCUT2D eigenvalue weighted by Crippen LogP contribution is -2.00. The van der Waals surface area contributed by atoms with Gasteiger partial charge in [-0.15, -0.1) is 11.6 Å². The first-order chi connectivity index (χ1) is 10.2. The van der Waals surface area contributed by atoms with E-state index in [4.69, 9.17) is 16.9 Å². The Kier molecular flexibility index (Phi) is 3.59. The van der Waals surface area contributed by atoms with Crippen LogP contribution in [0.25, 0.3) is 16.9 Å². The Bertz CT molecular complexity index is 828. The van der Waals surface area contributed by atoms with E-state index in [0.29, 0.717) is 12.3 Å². The molecule has 0 bridgehead atoms. The largest absolute Gasteiger partial charge is 0.280 e. The average Bonchev–Trinajstić information content (AvgIpc) is 2.88. The molecule has 0 spiro atoms. The molecule has 0 fully saturated rings. The van der Waals surface area contributed by atoms with Crippen LogP contribution >= 0.6 is 11.6 Å². The van der Waals surface area contributed by atoms with E-state index in [9.17, 15) is 0 Å². The second kappa shape index (κ2) is 5.55. The highest BCUT2D eigenvalue weighted by atomic mass is 35.5. The lowest BCUT2D eigenvalue weighted by Gasteiger charge is -2.07. The number of fused-ring (bicyclic) bond motifs is 1. The SMILES string of the molecule is Cc1ccnc2c1nc(CCl)n2-c1ccc(CC#N)cc1. The van der Waals surface area contributed by atoms with Gasteiger partial charge in [0.15, 0.2) is 5.65 Å². The van der Waals surface area contributed by atoms with Crippen LogP contribution in [-0.2, 0) is 12.3 Å². The second-order valence-corrected chi connectivity index (χ2v) is 5.07. The van der Waals surface area contributed by atoms with Crippen molar-refractivity contribution in [1.29, 1.82) is 5.26 Å². The van der Waals surface area contributed by atoms with Crippen molar-refractivity contribution in [2.75, 3.05) is 0 Å². The predicted molar refractivity (Wildman–Crippen MR) is 82.5 cm³/mol. The third kappa shape index (κ3) is 2.37. The predicted octanol–water partition coefficient (Wildman–Crippen LogP) is 3.53. The number of aryl methyl sites for hydroxylation is 1. The van der Waals surface area contributed by atoms with Gasteiger partial charge in [-0.05, 0) is 36.2 Å². The number of hydrogen-bond donors (Lipinski definition) is 0. The van der Waals surface area contributed by atoms with Crippen LogP contribution in [-0.4, -0.2) is 14.5 Å². The molecule has 3 aromatic rings. The minimum atomic E-state index is 0.315. The summed E-state index contributed by atoms with van der Waals surface area (Å²) in [4.78, 5) is 9.02. The quantitative estimate of drug-likeness (QED) is 0.695. The number of hydrogen-bond acceptors (Lipinski definition) is 3. The van der Waals surface area contributed by atoms with Gasteiger partial charge in [-0.25, -0.2) is 9.97 Å². The number of rotatable bonds is 3. The third-order valence-electron chi connectivity index (χ3n) is 3.41. The molecule has 0 atom stereocenters. The van der Waals surface area contributed by atoms with Gasteiger partial charge in [-0.1, -0.05) is 12.1 Å². The molecular weight excluding hydrogens is 284 g/mol. The van der Waals surface area contributed by atoms with E-state index in [2.05, 4.69) is 16.0 Å². The van der Waals surface area contributed by atoms with E-state index >= 15 is 0 Å². The van der Waals surface area contributed by atoms with E-state index in [-0.39, 0.29) is 0 Å². The first-order valence-corrected chi connectivity index (χ1v) is 7.13. The van der Waals surface area contributed by atoms with Gasteiger partial charge in [-0.3, -0.25) is 4.57 Å². The van der Waals surface area contributed by atoms with Crippen molar-refractivity contribution < 1.29 is 0 Å². The fourth-order valence-corrected chi connectivity index (χ4v) is 2.53. The summed E-state index contributed by atoms with van der Waals surface area (Å²) in [5.74, 6) is 1.08. The van der Waals surface area contributed by atoms with Crippen molar-refractivity contribution in [3.8, 4) is 11.8 Å². The van der Waals surface area contributed by atoms with E-state index in [0.717, 1.165) is 33.8 Å². The molecule has 0 radical (unpaired) electrons. The normalized spacial score (nSPS) is 10.7. The van der Waals surface area contributed by atoms with Crippen molar-refractivity contribution in [3.63, 3.8) is 0 Å². The van der Waals surface area contributed by atoms with Crippen molar-refractivity contribution in [2.45, 2.75) is 19.2 Å². The van der Waals surface area contributed by atoms with Crippen LogP contribution in [0.5, 0.6) is 0 Å². The van der Waals surface area contributed by atoms with Crippen molar-refractivity contribution >= 4 is 22.8 Å². The number of imidazole rings is 1. The van der Waals surface area contributed by atoms with Crippen LogP contribution in [0.4, 0.5) is 0 Å². The maximum absolute atomic E-state index is 8.73. The first kappa shape index (κ1) is 13.6. The molecule has 2 aromatic heterocycles. The van der Waals surface area contributed by atoms with Crippen LogP contribution < -0.4 is 0 Å². The molecule has 21 heavy (non-hydrogen) atoms. The van der Waals surface area contributed by atoms with Crippen molar-refractivity contribution in [3.05, 3.63) is 53.5 Å². The standard InChI is InChI=1S/C16H13ClN4/c1-11-7-9-19-16-15(11)20-14(10-17)21(16)13-4-2-12(3-5-13)6-8-18/h2-5,7,9H,6,10H2,1H3. The smallest absolute Gasteiger partial charge is 0.164 e. The van der Waals surface area contributed by atoms with Gasteiger partial charge >= 0.3 is 0 Å². The van der Waals surface area contributed by atoms with E-state index in [1.54, 1.807) is 6.20 Å². The van der Waals surface area contributed by atoms with Crippen LogP contribution in [0, 0.1) is 18.3 Å². The molecule has 1 aromatic carbocycles. The summed E-state index contributed by atoms with van der Waals surface area (Å²) in [5, 5.41) is 8.73. The number of nitrogens with zero attached hydrogens (tertiary/aromatic N) is 4. The summed E-state index contributed by atoms with van der Waals surface area (Å²) >= 11 is 6.03. The lowest BCUT2D eigenvalue weighted by molar-refractivity contribution is 0.968. The van der Waals surface area contributed by atoms with Gasteiger partial charge < -0.3 is 0 Å². The fraction of sp³-hybridized carbons (Fsp3) is 0.188. The Morgan fingerprint density at radius 3 is 2.67 bits per heavy atom. The van der Waals surface area contributed by atoms with Gasteiger partial charge in [0.05, 0.1) is 18.4 Å². The molecule has 0 aliphatic heterocycles. The van der Waals surface area contributed by atoms with E-state index in [1.165, 1.54) is 0 Å². The molecule has 104 valence electrons. The zero-order valence-electron chi connectivity index (χ0n) is 11.5. The van der Waals surface area contributed by atoms with Gasteiger partial charge in [0.2, 0.25) is 0 Å². The summed E-state index contributed by atoms with van der Waals surface area (Å²) in [6.45, 7) is 2.01. The molecule has 0 amide bonds. The first-order valence-electron chi connectivity index (χ1n) is 6.59. The Morgan fingerprint density at radius 1 is 1.24 bits per heavy atom. The monoisotopic (exact) mass is 296 g/mol. The van der Waals surface area contributed by atoms with Crippen LogP contribution in [0.3, 0.4) is 0 Å². The van der Waals surface area contributed by atoms with Crippen LogP contribution in [0.2, 0.25) is 0 Å².